The number of rotatable bonds is 2. The molecular formula is C9H6N4S. The Balaban J connectivity index is 2.27. The molecule has 0 atom stereocenters. The van der Waals surface area contributed by atoms with Crippen LogP contribution in [0.4, 0.5) is 5.82 Å². The zero-order chi connectivity index (χ0) is 9.80. The monoisotopic (exact) mass is 202 g/mol. The molecule has 68 valence electrons. The normalized spacial score (nSPS) is 9.36. The average molecular weight is 202 g/mol. The number of nitrogens with zero attached hydrogens (tertiary/aromatic N) is 3. The maximum absolute atomic E-state index is 8.35. The van der Waals surface area contributed by atoms with E-state index >= 15 is 0 Å². The third kappa shape index (κ3) is 1.70. The van der Waals surface area contributed by atoms with Crippen molar-refractivity contribution < 1.29 is 0 Å². The summed E-state index contributed by atoms with van der Waals surface area (Å²) in [6, 6.07) is 7.50. The van der Waals surface area contributed by atoms with Gasteiger partial charge in [0.15, 0.2) is 12.0 Å². The van der Waals surface area contributed by atoms with Crippen molar-refractivity contribution in [2.24, 2.45) is 0 Å². The molecule has 0 unspecified atom stereocenters. The largest absolute Gasteiger partial charge is 0.275 e. The smallest absolute Gasteiger partial charge is 0.182 e. The van der Waals surface area contributed by atoms with Gasteiger partial charge in [0.1, 0.15) is 5.69 Å². The van der Waals surface area contributed by atoms with Crippen molar-refractivity contribution in [2.45, 2.75) is 0 Å². The van der Waals surface area contributed by atoms with Crippen molar-refractivity contribution in [1.29, 1.82) is 5.26 Å². The maximum Gasteiger partial charge on any atom is 0.182 e. The van der Waals surface area contributed by atoms with Crippen LogP contribution >= 0.6 is 11.3 Å². The van der Waals surface area contributed by atoms with E-state index in [0.717, 1.165) is 10.6 Å². The van der Waals surface area contributed by atoms with Gasteiger partial charge in [-0.2, -0.15) is 5.26 Å². The van der Waals surface area contributed by atoms with Gasteiger partial charge >= 0.3 is 0 Å². The summed E-state index contributed by atoms with van der Waals surface area (Å²) in [6.07, 6.45) is 1.79. The van der Waals surface area contributed by atoms with Crippen LogP contribution < -0.4 is 5.32 Å². The van der Waals surface area contributed by atoms with Gasteiger partial charge in [0.05, 0.1) is 4.88 Å². The van der Waals surface area contributed by atoms with Crippen LogP contribution in [0.2, 0.25) is 0 Å². The molecule has 0 aliphatic heterocycles. The van der Waals surface area contributed by atoms with E-state index in [-0.39, 0.29) is 0 Å². The Kier molecular flexibility index (Phi) is 2.38. The number of nitrogens with one attached hydrogen (secondary N) is 1. The molecule has 0 amide bonds. The van der Waals surface area contributed by atoms with Crippen molar-refractivity contribution in [3.05, 3.63) is 29.6 Å². The highest BCUT2D eigenvalue weighted by Gasteiger charge is 2.00. The van der Waals surface area contributed by atoms with E-state index in [9.17, 15) is 0 Å². The maximum atomic E-state index is 8.35. The molecule has 0 bridgehead atoms. The van der Waals surface area contributed by atoms with E-state index in [2.05, 4.69) is 15.5 Å². The van der Waals surface area contributed by atoms with Crippen molar-refractivity contribution in [1.82, 2.24) is 10.2 Å². The third-order valence-electron chi connectivity index (χ3n) is 1.62. The van der Waals surface area contributed by atoms with Gasteiger partial charge in [-0.3, -0.25) is 5.32 Å². The van der Waals surface area contributed by atoms with Crippen LogP contribution in [0.25, 0.3) is 10.6 Å². The van der Waals surface area contributed by atoms with E-state index in [0.29, 0.717) is 5.82 Å². The first-order chi connectivity index (χ1) is 6.90. The molecule has 14 heavy (non-hydrogen) atoms. The second kappa shape index (κ2) is 3.85. The summed E-state index contributed by atoms with van der Waals surface area (Å²) < 4.78 is 0. The summed E-state index contributed by atoms with van der Waals surface area (Å²) in [5.74, 6) is 0.466. The molecular weight excluding hydrogens is 196 g/mol. The average Bonchev–Trinajstić information content (AvgIpc) is 2.72. The van der Waals surface area contributed by atoms with E-state index in [4.69, 9.17) is 5.26 Å². The summed E-state index contributed by atoms with van der Waals surface area (Å²) in [5.41, 5.74) is 0.823. The fourth-order valence-corrected chi connectivity index (χ4v) is 1.70. The molecule has 0 fully saturated rings. The number of nitriles is 1. The second-order valence-electron chi connectivity index (χ2n) is 2.52. The van der Waals surface area contributed by atoms with Gasteiger partial charge in [0.2, 0.25) is 0 Å². The Labute approximate surface area is 84.8 Å². The standard InChI is InChI=1S/C9H6N4S/c10-6-11-9-4-3-7(12-13-9)8-2-1-5-14-8/h1-5H,(H,11,13). The molecule has 2 aromatic heterocycles. The third-order valence-corrected chi connectivity index (χ3v) is 2.51. The SMILES string of the molecule is N#CNc1ccc(-c2cccs2)nn1. The quantitative estimate of drug-likeness (QED) is 0.598. The number of hydrogen-bond acceptors (Lipinski definition) is 5. The zero-order valence-electron chi connectivity index (χ0n) is 7.14. The highest BCUT2D eigenvalue weighted by atomic mass is 32.1. The van der Waals surface area contributed by atoms with Crippen molar-refractivity contribution in [3.63, 3.8) is 0 Å². The lowest BCUT2D eigenvalue weighted by atomic mass is 10.3. The predicted molar refractivity (Wildman–Crippen MR) is 54.6 cm³/mol. The molecule has 1 N–H and O–H groups in total. The second-order valence-corrected chi connectivity index (χ2v) is 3.47. The molecule has 2 heterocycles. The Bertz CT molecular complexity index is 441. The first kappa shape index (κ1) is 8.66. The summed E-state index contributed by atoms with van der Waals surface area (Å²) in [7, 11) is 0. The Hall–Kier alpha value is -1.93. The zero-order valence-corrected chi connectivity index (χ0v) is 7.95. The van der Waals surface area contributed by atoms with Crippen LogP contribution in [0, 0.1) is 11.5 Å². The van der Waals surface area contributed by atoms with Gasteiger partial charge in [-0.05, 0) is 23.6 Å². The van der Waals surface area contributed by atoms with E-state index in [1.54, 1.807) is 23.6 Å². The van der Waals surface area contributed by atoms with E-state index < -0.39 is 0 Å². The van der Waals surface area contributed by atoms with Crippen LogP contribution in [0.5, 0.6) is 0 Å². The molecule has 0 saturated heterocycles. The number of hydrogen-bond donors (Lipinski definition) is 1. The van der Waals surface area contributed by atoms with E-state index in [1.807, 2.05) is 23.6 Å². The van der Waals surface area contributed by atoms with Crippen molar-refractivity contribution in [3.8, 4) is 16.8 Å². The molecule has 0 aromatic carbocycles. The Morgan fingerprint density at radius 3 is 2.79 bits per heavy atom. The highest BCUT2D eigenvalue weighted by Crippen LogP contribution is 2.22. The van der Waals surface area contributed by atoms with Crippen LogP contribution in [-0.2, 0) is 0 Å². The predicted octanol–water partition coefficient (Wildman–Crippen LogP) is 2.10. The first-order valence-electron chi connectivity index (χ1n) is 3.93. The Morgan fingerprint density at radius 1 is 1.29 bits per heavy atom. The van der Waals surface area contributed by atoms with E-state index in [1.165, 1.54) is 0 Å². The minimum absolute atomic E-state index is 0.466. The van der Waals surface area contributed by atoms with Crippen LogP contribution in [-0.4, -0.2) is 10.2 Å². The van der Waals surface area contributed by atoms with Gasteiger partial charge in [-0.15, -0.1) is 21.5 Å². The minimum atomic E-state index is 0.466. The number of anilines is 1. The topological polar surface area (TPSA) is 61.6 Å². The summed E-state index contributed by atoms with van der Waals surface area (Å²) in [4.78, 5) is 1.07. The number of aromatic nitrogens is 2. The lowest BCUT2D eigenvalue weighted by molar-refractivity contribution is 1.05. The van der Waals surface area contributed by atoms with Crippen LogP contribution in [0.15, 0.2) is 29.6 Å². The lowest BCUT2D eigenvalue weighted by Gasteiger charge is -1.96. The van der Waals surface area contributed by atoms with Gasteiger partial charge in [0.25, 0.3) is 0 Å². The Morgan fingerprint density at radius 2 is 2.21 bits per heavy atom. The molecule has 0 spiro atoms. The lowest BCUT2D eigenvalue weighted by Crippen LogP contribution is -1.93. The summed E-state index contributed by atoms with van der Waals surface area (Å²) in [5, 5.41) is 20.6. The minimum Gasteiger partial charge on any atom is -0.275 e. The fourth-order valence-electron chi connectivity index (χ4n) is 1.01. The van der Waals surface area contributed by atoms with Gasteiger partial charge in [-0.25, -0.2) is 0 Å². The van der Waals surface area contributed by atoms with Crippen LogP contribution in [0.3, 0.4) is 0 Å². The number of thiophene rings is 1. The highest BCUT2D eigenvalue weighted by molar-refractivity contribution is 7.13. The summed E-state index contributed by atoms with van der Waals surface area (Å²) in [6.45, 7) is 0. The van der Waals surface area contributed by atoms with Crippen molar-refractivity contribution >= 4 is 17.2 Å². The summed E-state index contributed by atoms with van der Waals surface area (Å²) >= 11 is 1.61. The molecule has 0 aliphatic rings. The van der Waals surface area contributed by atoms with Crippen LogP contribution in [0.1, 0.15) is 0 Å². The first-order valence-corrected chi connectivity index (χ1v) is 4.81. The molecule has 5 heteroatoms. The van der Waals surface area contributed by atoms with Crippen molar-refractivity contribution in [2.75, 3.05) is 5.32 Å². The van der Waals surface area contributed by atoms with Gasteiger partial charge in [0, 0.05) is 0 Å². The molecule has 0 aliphatic carbocycles. The van der Waals surface area contributed by atoms with Gasteiger partial charge in [-0.1, -0.05) is 6.07 Å². The van der Waals surface area contributed by atoms with Gasteiger partial charge < -0.3 is 0 Å². The molecule has 4 nitrogen and oxygen atoms in total. The molecule has 0 saturated carbocycles. The molecule has 2 rings (SSSR count). The fraction of sp³-hybridized carbons (Fsp3) is 0. The molecule has 0 radical (unpaired) electrons. The molecule has 2 aromatic rings.